The number of nitrogens with two attached hydrogens (primary N) is 1. The van der Waals surface area contributed by atoms with Crippen molar-refractivity contribution in [2.45, 2.75) is 18.7 Å². The Labute approximate surface area is 108 Å². The fraction of sp³-hybridized carbons (Fsp3) is 0.364. The van der Waals surface area contributed by atoms with Gasteiger partial charge in [0.15, 0.2) is 0 Å². The largest absolute Gasteiger partial charge is 0.481 e. The summed E-state index contributed by atoms with van der Waals surface area (Å²) in [5.74, 6) is -0.309. The van der Waals surface area contributed by atoms with Crippen LogP contribution in [0.25, 0.3) is 0 Å². The van der Waals surface area contributed by atoms with Crippen LogP contribution in [0.15, 0.2) is 27.6 Å². The van der Waals surface area contributed by atoms with Gasteiger partial charge < -0.3 is 10.8 Å². The quantitative estimate of drug-likeness (QED) is 0.662. The van der Waals surface area contributed by atoms with Crippen molar-refractivity contribution in [2.24, 2.45) is 5.41 Å². The van der Waals surface area contributed by atoms with Crippen LogP contribution < -0.4 is 5.73 Å². The van der Waals surface area contributed by atoms with Gasteiger partial charge in [0, 0.05) is 20.8 Å². The van der Waals surface area contributed by atoms with Gasteiger partial charge >= 0.3 is 5.97 Å². The zero-order chi connectivity index (χ0) is 12.3. The van der Waals surface area contributed by atoms with Gasteiger partial charge in [0.1, 0.15) is 0 Å². The maximum atomic E-state index is 10.9. The molecule has 0 aliphatic rings. The number of carbonyl (C=O) groups is 1. The van der Waals surface area contributed by atoms with Gasteiger partial charge in [-0.15, -0.1) is 11.8 Å². The van der Waals surface area contributed by atoms with Gasteiger partial charge in [-0.05, 0) is 32.0 Å². The molecule has 1 rings (SSSR count). The van der Waals surface area contributed by atoms with Crippen LogP contribution in [0, 0.1) is 5.41 Å². The van der Waals surface area contributed by atoms with Crippen LogP contribution in [0.5, 0.6) is 0 Å². The summed E-state index contributed by atoms with van der Waals surface area (Å²) in [6, 6.07) is 5.57. The van der Waals surface area contributed by atoms with Crippen LogP contribution in [0.1, 0.15) is 13.8 Å². The smallest absolute Gasteiger partial charge is 0.309 e. The summed E-state index contributed by atoms with van der Waals surface area (Å²) in [7, 11) is 0. The fourth-order valence-electron chi connectivity index (χ4n) is 0.953. The number of hydrogen-bond donors (Lipinski definition) is 2. The third kappa shape index (κ3) is 3.42. The molecule has 0 aliphatic heterocycles. The predicted molar refractivity (Wildman–Crippen MR) is 70.7 cm³/mol. The minimum absolute atomic E-state index is 0.489. The van der Waals surface area contributed by atoms with Gasteiger partial charge in [-0.1, -0.05) is 15.9 Å². The Hall–Kier alpha value is -0.680. The van der Waals surface area contributed by atoms with Crippen LogP contribution in [0.2, 0.25) is 0 Å². The van der Waals surface area contributed by atoms with Crippen molar-refractivity contribution in [1.82, 2.24) is 0 Å². The Balaban J connectivity index is 2.75. The Morgan fingerprint density at radius 2 is 2.19 bits per heavy atom. The number of hydrogen-bond acceptors (Lipinski definition) is 3. The third-order valence-electron chi connectivity index (χ3n) is 2.14. The first-order valence-electron chi connectivity index (χ1n) is 4.74. The number of thioether (sulfide) groups is 1. The summed E-state index contributed by atoms with van der Waals surface area (Å²) < 4.78 is 0.942. The van der Waals surface area contributed by atoms with E-state index in [0.717, 1.165) is 9.37 Å². The van der Waals surface area contributed by atoms with E-state index >= 15 is 0 Å². The number of rotatable bonds is 4. The predicted octanol–water partition coefficient (Wildman–Crippen LogP) is 3.23. The number of halogens is 1. The lowest BCUT2D eigenvalue weighted by Gasteiger charge is -2.18. The van der Waals surface area contributed by atoms with E-state index in [1.807, 2.05) is 12.1 Å². The molecule has 88 valence electrons. The highest BCUT2D eigenvalue weighted by Crippen LogP contribution is 2.33. The molecule has 0 aliphatic carbocycles. The molecule has 1 aromatic carbocycles. The molecule has 0 radical (unpaired) electrons. The third-order valence-corrected chi connectivity index (χ3v) is 4.17. The molecule has 0 aromatic heterocycles. The average molecular weight is 304 g/mol. The first-order valence-corrected chi connectivity index (χ1v) is 6.52. The van der Waals surface area contributed by atoms with E-state index in [1.165, 1.54) is 11.8 Å². The van der Waals surface area contributed by atoms with E-state index in [4.69, 9.17) is 10.8 Å². The van der Waals surface area contributed by atoms with Crippen molar-refractivity contribution < 1.29 is 9.90 Å². The molecule has 3 N–H and O–H groups in total. The number of carboxylic acids is 1. The highest BCUT2D eigenvalue weighted by Gasteiger charge is 2.27. The minimum Gasteiger partial charge on any atom is -0.481 e. The molecule has 0 saturated heterocycles. The van der Waals surface area contributed by atoms with Crippen LogP contribution >= 0.6 is 27.7 Å². The summed E-state index contributed by atoms with van der Waals surface area (Å²) in [5, 5.41) is 8.99. The van der Waals surface area contributed by atoms with Crippen LogP contribution in [0.3, 0.4) is 0 Å². The molecule has 0 fully saturated rings. The second kappa shape index (κ2) is 5.10. The van der Waals surface area contributed by atoms with Gasteiger partial charge in [0.05, 0.1) is 5.41 Å². The Bertz CT molecular complexity index is 407. The lowest BCUT2D eigenvalue weighted by Crippen LogP contribution is -2.26. The first kappa shape index (κ1) is 13.4. The molecular formula is C11H14BrNO2S. The molecule has 0 heterocycles. The summed E-state index contributed by atoms with van der Waals surface area (Å²) in [5.41, 5.74) is 5.73. The maximum Gasteiger partial charge on any atom is 0.309 e. The average Bonchev–Trinajstić information content (AvgIpc) is 2.19. The molecule has 0 spiro atoms. The summed E-state index contributed by atoms with van der Waals surface area (Å²) in [6.45, 7) is 3.41. The topological polar surface area (TPSA) is 63.3 Å². The molecule has 0 saturated carbocycles. The van der Waals surface area contributed by atoms with Gasteiger partial charge in [0.2, 0.25) is 0 Å². The van der Waals surface area contributed by atoms with Gasteiger partial charge in [0.25, 0.3) is 0 Å². The van der Waals surface area contributed by atoms with Crippen LogP contribution in [-0.4, -0.2) is 16.8 Å². The summed E-state index contributed by atoms with van der Waals surface area (Å²) in [4.78, 5) is 11.8. The van der Waals surface area contributed by atoms with Crippen LogP contribution in [-0.2, 0) is 4.79 Å². The fourth-order valence-corrected chi connectivity index (χ4v) is 2.55. The van der Waals surface area contributed by atoms with Gasteiger partial charge in [-0.2, -0.15) is 0 Å². The van der Waals surface area contributed by atoms with E-state index in [2.05, 4.69) is 15.9 Å². The number of aliphatic carboxylic acids is 1. The van der Waals surface area contributed by atoms with Crippen molar-refractivity contribution in [3.05, 3.63) is 22.7 Å². The Morgan fingerprint density at radius 3 is 2.75 bits per heavy atom. The number of benzene rings is 1. The van der Waals surface area contributed by atoms with Crippen molar-refractivity contribution in [3.8, 4) is 0 Å². The molecule has 0 atom stereocenters. The van der Waals surface area contributed by atoms with Crippen molar-refractivity contribution in [1.29, 1.82) is 0 Å². The highest BCUT2D eigenvalue weighted by molar-refractivity contribution is 9.10. The molecule has 3 nitrogen and oxygen atoms in total. The second-order valence-electron chi connectivity index (χ2n) is 4.16. The molecule has 0 amide bonds. The molecule has 0 unspecified atom stereocenters. The molecule has 0 bridgehead atoms. The van der Waals surface area contributed by atoms with Crippen molar-refractivity contribution in [3.63, 3.8) is 0 Å². The van der Waals surface area contributed by atoms with Gasteiger partial charge in [-0.3, -0.25) is 4.79 Å². The van der Waals surface area contributed by atoms with E-state index in [0.29, 0.717) is 11.4 Å². The monoisotopic (exact) mass is 303 g/mol. The Kier molecular flexibility index (Phi) is 4.27. The van der Waals surface area contributed by atoms with E-state index in [-0.39, 0.29) is 0 Å². The minimum atomic E-state index is -0.798. The van der Waals surface area contributed by atoms with Crippen molar-refractivity contribution >= 4 is 39.3 Å². The molecule has 1 aromatic rings. The zero-order valence-electron chi connectivity index (χ0n) is 9.16. The lowest BCUT2D eigenvalue weighted by molar-refractivity contribution is -0.145. The molecule has 16 heavy (non-hydrogen) atoms. The number of nitrogen functional groups attached to an aromatic ring is 1. The molecular weight excluding hydrogens is 290 g/mol. The number of carboxylic acid groups (broad SMARTS) is 1. The zero-order valence-corrected chi connectivity index (χ0v) is 11.6. The second-order valence-corrected chi connectivity index (χ2v) is 6.09. The summed E-state index contributed by atoms with van der Waals surface area (Å²) in [6.07, 6.45) is 0. The van der Waals surface area contributed by atoms with Crippen molar-refractivity contribution in [2.75, 3.05) is 11.5 Å². The van der Waals surface area contributed by atoms with Crippen LogP contribution in [0.4, 0.5) is 5.69 Å². The maximum absolute atomic E-state index is 10.9. The normalized spacial score (nSPS) is 11.4. The molecule has 5 heteroatoms. The SMILES string of the molecule is CC(C)(CSc1cc(Br)ccc1N)C(=O)O. The summed E-state index contributed by atoms with van der Waals surface area (Å²) >= 11 is 4.82. The van der Waals surface area contributed by atoms with E-state index in [9.17, 15) is 4.79 Å². The first-order chi connectivity index (χ1) is 7.33. The number of anilines is 1. The Morgan fingerprint density at radius 1 is 1.56 bits per heavy atom. The standard InChI is InChI=1S/C11H14BrNO2S/c1-11(2,10(14)15)6-16-9-5-7(12)3-4-8(9)13/h3-5H,6,13H2,1-2H3,(H,14,15). The lowest BCUT2D eigenvalue weighted by atomic mass is 9.97. The van der Waals surface area contributed by atoms with E-state index in [1.54, 1.807) is 19.9 Å². The van der Waals surface area contributed by atoms with Gasteiger partial charge in [-0.25, -0.2) is 0 Å². The van der Waals surface area contributed by atoms with E-state index < -0.39 is 11.4 Å². The highest BCUT2D eigenvalue weighted by atomic mass is 79.9.